The Morgan fingerprint density at radius 3 is 2.53 bits per heavy atom. The van der Waals surface area contributed by atoms with Crippen LogP contribution in [-0.2, 0) is 10.0 Å². The topological polar surface area (TPSA) is 108 Å². The van der Waals surface area contributed by atoms with Crippen LogP contribution in [-0.4, -0.2) is 37.9 Å². The number of hydrogen-bond acceptors (Lipinski definition) is 7. The Kier molecular flexibility index (Phi) is 6.17. The van der Waals surface area contributed by atoms with Crippen LogP contribution in [0.4, 0.5) is 11.6 Å². The number of ether oxygens (including phenoxy) is 1. The van der Waals surface area contributed by atoms with E-state index < -0.39 is 10.0 Å². The molecule has 1 aliphatic rings. The van der Waals surface area contributed by atoms with E-state index in [9.17, 15) is 13.7 Å². The van der Waals surface area contributed by atoms with Gasteiger partial charge >= 0.3 is 0 Å². The standard InChI is InChI=1S/C23H24N4O4S/c1-16-4-3-13-27(15-16)32(28,29)20-11-5-17(6-12-20)22-26-21(14-24)23(31-22)25-18-7-9-19(30-2)10-8-18/h5-12,16,25H,3-4,13,15H2,1-2H3/t16-/m1/s1. The highest BCUT2D eigenvalue weighted by Gasteiger charge is 2.28. The highest BCUT2D eigenvalue weighted by Crippen LogP contribution is 2.30. The van der Waals surface area contributed by atoms with Gasteiger partial charge in [-0.2, -0.15) is 14.6 Å². The summed E-state index contributed by atoms with van der Waals surface area (Å²) in [6, 6.07) is 15.6. The minimum atomic E-state index is -3.54. The molecule has 1 saturated heterocycles. The van der Waals surface area contributed by atoms with Crippen molar-refractivity contribution in [3.8, 4) is 23.3 Å². The van der Waals surface area contributed by atoms with Crippen LogP contribution in [0, 0.1) is 17.2 Å². The fourth-order valence-electron chi connectivity index (χ4n) is 3.69. The van der Waals surface area contributed by atoms with Crippen LogP contribution in [0.2, 0.25) is 0 Å². The smallest absolute Gasteiger partial charge is 0.243 e. The maximum atomic E-state index is 13.0. The first-order valence-corrected chi connectivity index (χ1v) is 11.8. The summed E-state index contributed by atoms with van der Waals surface area (Å²) >= 11 is 0. The number of anilines is 2. The maximum absolute atomic E-state index is 13.0. The molecule has 1 aliphatic heterocycles. The van der Waals surface area contributed by atoms with Crippen molar-refractivity contribution in [2.24, 2.45) is 5.92 Å². The summed E-state index contributed by atoms with van der Waals surface area (Å²) in [4.78, 5) is 4.48. The van der Waals surface area contributed by atoms with Crippen molar-refractivity contribution in [1.29, 1.82) is 5.26 Å². The van der Waals surface area contributed by atoms with Gasteiger partial charge in [0.05, 0.1) is 12.0 Å². The minimum Gasteiger partial charge on any atom is -0.497 e. The van der Waals surface area contributed by atoms with Gasteiger partial charge in [-0.3, -0.25) is 0 Å². The Hall–Kier alpha value is -3.35. The minimum absolute atomic E-state index is 0.106. The molecule has 8 nitrogen and oxygen atoms in total. The fourth-order valence-corrected chi connectivity index (χ4v) is 5.29. The molecular weight excluding hydrogens is 428 g/mol. The van der Waals surface area contributed by atoms with Crippen molar-refractivity contribution < 1.29 is 17.6 Å². The summed E-state index contributed by atoms with van der Waals surface area (Å²) < 4.78 is 38.4. The Balaban J connectivity index is 1.55. The lowest BCUT2D eigenvalue weighted by molar-refractivity contribution is 0.281. The Labute approximate surface area is 187 Å². The molecule has 1 atom stereocenters. The van der Waals surface area contributed by atoms with Gasteiger partial charge in [0.25, 0.3) is 0 Å². The maximum Gasteiger partial charge on any atom is 0.243 e. The summed E-state index contributed by atoms with van der Waals surface area (Å²) in [6.07, 6.45) is 1.92. The monoisotopic (exact) mass is 452 g/mol. The van der Waals surface area contributed by atoms with Crippen LogP contribution < -0.4 is 10.1 Å². The molecule has 2 aromatic carbocycles. The first-order chi connectivity index (χ1) is 15.4. The van der Waals surface area contributed by atoms with E-state index >= 15 is 0 Å². The first-order valence-electron chi connectivity index (χ1n) is 10.3. The van der Waals surface area contributed by atoms with Crippen LogP contribution in [0.5, 0.6) is 5.75 Å². The third-order valence-electron chi connectivity index (χ3n) is 5.44. The average molecular weight is 453 g/mol. The fraction of sp³-hybridized carbons (Fsp3) is 0.304. The number of benzene rings is 2. The molecule has 4 rings (SSSR count). The number of hydrogen-bond donors (Lipinski definition) is 1. The normalized spacial score (nSPS) is 17.0. The number of piperidine rings is 1. The second kappa shape index (κ2) is 9.02. The van der Waals surface area contributed by atoms with E-state index in [4.69, 9.17) is 9.15 Å². The molecule has 32 heavy (non-hydrogen) atoms. The van der Waals surface area contributed by atoms with E-state index in [-0.39, 0.29) is 22.4 Å². The van der Waals surface area contributed by atoms with E-state index in [1.54, 1.807) is 59.9 Å². The van der Waals surface area contributed by atoms with Gasteiger partial charge in [0.2, 0.25) is 27.5 Å². The Morgan fingerprint density at radius 1 is 1.19 bits per heavy atom. The Morgan fingerprint density at radius 2 is 1.91 bits per heavy atom. The third-order valence-corrected chi connectivity index (χ3v) is 7.32. The zero-order valence-corrected chi connectivity index (χ0v) is 18.7. The zero-order chi connectivity index (χ0) is 22.7. The highest BCUT2D eigenvalue weighted by molar-refractivity contribution is 7.89. The summed E-state index contributed by atoms with van der Waals surface area (Å²) in [5, 5.41) is 12.5. The van der Waals surface area contributed by atoms with Gasteiger partial charge in [-0.1, -0.05) is 6.92 Å². The summed E-state index contributed by atoms with van der Waals surface area (Å²) in [7, 11) is -1.95. The number of aromatic nitrogens is 1. The molecule has 3 aromatic rings. The molecule has 0 amide bonds. The molecule has 1 aromatic heterocycles. The number of nitrogens with one attached hydrogen (secondary N) is 1. The van der Waals surface area contributed by atoms with Gasteiger partial charge in [0, 0.05) is 24.3 Å². The van der Waals surface area contributed by atoms with Crippen LogP contribution in [0.25, 0.3) is 11.5 Å². The number of rotatable bonds is 6. The van der Waals surface area contributed by atoms with Gasteiger partial charge in [-0.15, -0.1) is 0 Å². The van der Waals surface area contributed by atoms with E-state index in [1.165, 1.54) is 0 Å². The molecule has 0 radical (unpaired) electrons. The predicted molar refractivity (Wildman–Crippen MR) is 120 cm³/mol. The van der Waals surface area contributed by atoms with E-state index in [0.717, 1.165) is 12.8 Å². The molecule has 1 N–H and O–H groups in total. The van der Waals surface area contributed by atoms with Crippen molar-refractivity contribution in [2.45, 2.75) is 24.7 Å². The second-order valence-electron chi connectivity index (χ2n) is 7.80. The average Bonchev–Trinajstić information content (AvgIpc) is 3.22. The van der Waals surface area contributed by atoms with Crippen molar-refractivity contribution in [3.05, 3.63) is 54.2 Å². The molecule has 9 heteroatoms. The number of sulfonamides is 1. The molecule has 0 aliphatic carbocycles. The second-order valence-corrected chi connectivity index (χ2v) is 9.73. The highest BCUT2D eigenvalue weighted by atomic mass is 32.2. The quantitative estimate of drug-likeness (QED) is 0.591. The number of oxazole rings is 1. The van der Waals surface area contributed by atoms with Crippen molar-refractivity contribution in [2.75, 3.05) is 25.5 Å². The van der Waals surface area contributed by atoms with Crippen molar-refractivity contribution in [3.63, 3.8) is 0 Å². The number of methoxy groups -OCH3 is 1. The molecule has 0 bridgehead atoms. The van der Waals surface area contributed by atoms with E-state index in [2.05, 4.69) is 17.2 Å². The molecule has 0 unspecified atom stereocenters. The summed E-state index contributed by atoms with van der Waals surface area (Å²) in [5.74, 6) is 1.51. The molecule has 166 valence electrons. The Bertz CT molecular complexity index is 1230. The lowest BCUT2D eigenvalue weighted by atomic mass is 10.0. The van der Waals surface area contributed by atoms with Crippen molar-refractivity contribution in [1.82, 2.24) is 9.29 Å². The van der Waals surface area contributed by atoms with Gasteiger partial charge in [0.1, 0.15) is 11.8 Å². The van der Waals surface area contributed by atoms with E-state index in [1.807, 2.05) is 6.07 Å². The zero-order valence-electron chi connectivity index (χ0n) is 17.9. The lowest BCUT2D eigenvalue weighted by Gasteiger charge is -2.30. The molecule has 0 spiro atoms. The van der Waals surface area contributed by atoms with E-state index in [0.29, 0.717) is 36.0 Å². The molecule has 2 heterocycles. The first kappa shape index (κ1) is 21.9. The lowest BCUT2D eigenvalue weighted by Crippen LogP contribution is -2.39. The largest absolute Gasteiger partial charge is 0.497 e. The third kappa shape index (κ3) is 4.47. The van der Waals surface area contributed by atoms with Gasteiger partial charge in [-0.05, 0) is 67.3 Å². The van der Waals surface area contributed by atoms with Crippen LogP contribution in [0.15, 0.2) is 57.8 Å². The van der Waals surface area contributed by atoms with Crippen LogP contribution >= 0.6 is 0 Å². The molecular formula is C23H24N4O4S. The van der Waals surface area contributed by atoms with Gasteiger partial charge in [0.15, 0.2) is 0 Å². The number of nitrogens with zero attached hydrogens (tertiary/aromatic N) is 3. The summed E-state index contributed by atoms with van der Waals surface area (Å²) in [6.45, 7) is 3.15. The van der Waals surface area contributed by atoms with Gasteiger partial charge < -0.3 is 14.5 Å². The summed E-state index contributed by atoms with van der Waals surface area (Å²) in [5.41, 5.74) is 1.40. The number of nitriles is 1. The van der Waals surface area contributed by atoms with Crippen LogP contribution in [0.1, 0.15) is 25.5 Å². The molecule has 0 saturated carbocycles. The van der Waals surface area contributed by atoms with Gasteiger partial charge in [-0.25, -0.2) is 8.42 Å². The SMILES string of the molecule is COc1ccc(Nc2oc(-c3ccc(S(=O)(=O)N4CCC[C@@H](C)C4)cc3)nc2C#N)cc1. The van der Waals surface area contributed by atoms with Crippen LogP contribution in [0.3, 0.4) is 0 Å². The predicted octanol–water partition coefficient (Wildman–Crippen LogP) is 4.39. The van der Waals surface area contributed by atoms with Crippen molar-refractivity contribution >= 4 is 21.6 Å². The molecule has 1 fully saturated rings.